The highest BCUT2D eigenvalue weighted by Crippen LogP contribution is 2.19. The van der Waals surface area contributed by atoms with Crippen molar-refractivity contribution in [2.75, 3.05) is 13.1 Å². The van der Waals surface area contributed by atoms with Crippen molar-refractivity contribution in [3.05, 3.63) is 54.4 Å². The highest BCUT2D eigenvalue weighted by atomic mass is 19.1. The molecule has 25 heavy (non-hydrogen) atoms. The molecular weight excluding hydrogens is 325 g/mol. The molecule has 1 aromatic carbocycles. The van der Waals surface area contributed by atoms with Gasteiger partial charge in [0.25, 0.3) is 5.91 Å². The van der Waals surface area contributed by atoms with Crippen LogP contribution in [0.3, 0.4) is 0 Å². The van der Waals surface area contributed by atoms with E-state index in [2.05, 4.69) is 27.3 Å². The molecule has 0 spiro atoms. The number of nitrogens with zero attached hydrogens (tertiary/aromatic N) is 3. The van der Waals surface area contributed by atoms with E-state index in [0.29, 0.717) is 5.82 Å². The molecule has 132 valence electrons. The molecular formula is C17H20FN5O2. The van der Waals surface area contributed by atoms with Crippen molar-refractivity contribution < 1.29 is 14.0 Å². The Morgan fingerprint density at radius 2 is 1.96 bits per heavy atom. The average molecular weight is 345 g/mol. The van der Waals surface area contributed by atoms with Gasteiger partial charge in [-0.25, -0.2) is 14.1 Å². The SMILES string of the molecule is C=CC(=O)NCCNC(=O)c1nc(C(C)C)n(-c2ccccc2F)n1. The number of benzene rings is 1. The Labute approximate surface area is 144 Å². The smallest absolute Gasteiger partial charge is 0.291 e. The molecule has 1 aromatic heterocycles. The molecule has 2 aromatic rings. The fourth-order valence-corrected chi connectivity index (χ4v) is 2.11. The Kier molecular flexibility index (Phi) is 5.99. The number of nitrogens with one attached hydrogen (secondary N) is 2. The molecule has 0 fully saturated rings. The van der Waals surface area contributed by atoms with Gasteiger partial charge in [-0.3, -0.25) is 9.59 Å². The average Bonchev–Trinajstić information content (AvgIpc) is 3.04. The van der Waals surface area contributed by atoms with Crippen molar-refractivity contribution in [1.82, 2.24) is 25.4 Å². The molecule has 0 radical (unpaired) electrons. The van der Waals surface area contributed by atoms with Crippen molar-refractivity contribution in [2.45, 2.75) is 19.8 Å². The summed E-state index contributed by atoms with van der Waals surface area (Å²) in [6.07, 6.45) is 1.15. The summed E-state index contributed by atoms with van der Waals surface area (Å²) < 4.78 is 15.4. The molecule has 0 bridgehead atoms. The van der Waals surface area contributed by atoms with Gasteiger partial charge >= 0.3 is 0 Å². The van der Waals surface area contributed by atoms with Crippen molar-refractivity contribution in [3.63, 3.8) is 0 Å². The van der Waals surface area contributed by atoms with E-state index in [1.807, 2.05) is 13.8 Å². The van der Waals surface area contributed by atoms with Crippen molar-refractivity contribution >= 4 is 11.8 Å². The topological polar surface area (TPSA) is 88.9 Å². The zero-order valence-corrected chi connectivity index (χ0v) is 14.1. The summed E-state index contributed by atoms with van der Waals surface area (Å²) in [7, 11) is 0. The lowest BCUT2D eigenvalue weighted by Gasteiger charge is -2.08. The molecule has 2 amide bonds. The molecule has 0 aliphatic heterocycles. The summed E-state index contributed by atoms with van der Waals surface area (Å²) in [6.45, 7) is 7.56. The van der Waals surface area contributed by atoms with E-state index in [1.54, 1.807) is 18.2 Å². The Bertz CT molecular complexity index is 785. The number of hydrogen-bond acceptors (Lipinski definition) is 4. The standard InChI is InChI=1S/C17H20FN5O2/c1-4-14(24)19-9-10-20-17(25)15-21-16(11(2)3)23(22-15)13-8-6-5-7-12(13)18/h4-8,11H,1,9-10H2,2-3H3,(H,19,24)(H,20,25). The van der Waals surface area contributed by atoms with Crippen LogP contribution in [0.2, 0.25) is 0 Å². The third kappa shape index (κ3) is 4.50. The minimum Gasteiger partial charge on any atom is -0.351 e. The molecule has 0 atom stereocenters. The first-order valence-corrected chi connectivity index (χ1v) is 7.84. The molecule has 1 heterocycles. The highest BCUT2D eigenvalue weighted by molar-refractivity contribution is 5.90. The predicted molar refractivity (Wildman–Crippen MR) is 90.9 cm³/mol. The van der Waals surface area contributed by atoms with Crippen LogP contribution in [0.1, 0.15) is 36.2 Å². The summed E-state index contributed by atoms with van der Waals surface area (Å²) in [5.41, 5.74) is 0.232. The van der Waals surface area contributed by atoms with E-state index < -0.39 is 11.7 Å². The van der Waals surface area contributed by atoms with Gasteiger partial charge in [-0.2, -0.15) is 0 Å². The van der Waals surface area contributed by atoms with Gasteiger partial charge in [-0.15, -0.1) is 5.10 Å². The Balaban J connectivity index is 2.16. The maximum absolute atomic E-state index is 14.0. The van der Waals surface area contributed by atoms with Gasteiger partial charge in [0.05, 0.1) is 0 Å². The van der Waals surface area contributed by atoms with Gasteiger partial charge in [0.2, 0.25) is 11.7 Å². The quantitative estimate of drug-likeness (QED) is 0.589. The lowest BCUT2D eigenvalue weighted by Crippen LogP contribution is -2.34. The third-order valence-electron chi connectivity index (χ3n) is 3.33. The zero-order chi connectivity index (χ0) is 18.4. The molecule has 0 aliphatic carbocycles. The summed E-state index contributed by atoms with van der Waals surface area (Å²) in [6, 6.07) is 6.16. The number of aromatic nitrogens is 3. The number of rotatable bonds is 7. The summed E-state index contributed by atoms with van der Waals surface area (Å²) in [4.78, 5) is 27.4. The molecule has 7 nitrogen and oxygen atoms in total. The number of para-hydroxylation sites is 1. The molecule has 0 aliphatic rings. The van der Waals surface area contributed by atoms with Crippen LogP contribution in [-0.4, -0.2) is 39.7 Å². The Hall–Kier alpha value is -3.03. The zero-order valence-electron chi connectivity index (χ0n) is 14.1. The van der Waals surface area contributed by atoms with Crippen LogP contribution in [0.25, 0.3) is 5.69 Å². The van der Waals surface area contributed by atoms with Crippen molar-refractivity contribution in [3.8, 4) is 5.69 Å². The van der Waals surface area contributed by atoms with E-state index in [9.17, 15) is 14.0 Å². The van der Waals surface area contributed by atoms with Gasteiger partial charge in [0, 0.05) is 19.0 Å². The molecule has 0 unspecified atom stereocenters. The lowest BCUT2D eigenvalue weighted by atomic mass is 10.2. The minimum atomic E-state index is -0.496. The fourth-order valence-electron chi connectivity index (χ4n) is 2.11. The first-order chi connectivity index (χ1) is 11.9. The second-order valence-electron chi connectivity index (χ2n) is 5.56. The van der Waals surface area contributed by atoms with Crippen LogP contribution < -0.4 is 10.6 Å². The van der Waals surface area contributed by atoms with Crippen molar-refractivity contribution in [2.24, 2.45) is 0 Å². The maximum atomic E-state index is 14.0. The normalized spacial score (nSPS) is 10.6. The number of hydrogen-bond donors (Lipinski definition) is 2. The maximum Gasteiger partial charge on any atom is 0.291 e. The lowest BCUT2D eigenvalue weighted by molar-refractivity contribution is -0.116. The third-order valence-corrected chi connectivity index (χ3v) is 3.33. The Morgan fingerprint density at radius 3 is 2.60 bits per heavy atom. The van der Waals surface area contributed by atoms with E-state index in [-0.39, 0.29) is 36.4 Å². The predicted octanol–water partition coefficient (Wildman–Crippen LogP) is 1.56. The first kappa shape index (κ1) is 18.3. The number of carbonyl (C=O) groups is 2. The number of carbonyl (C=O) groups excluding carboxylic acids is 2. The highest BCUT2D eigenvalue weighted by Gasteiger charge is 2.20. The van der Waals surface area contributed by atoms with Crippen LogP contribution in [0, 0.1) is 5.82 Å². The Morgan fingerprint density at radius 1 is 1.28 bits per heavy atom. The van der Waals surface area contributed by atoms with Crippen LogP contribution >= 0.6 is 0 Å². The molecule has 0 saturated heterocycles. The van der Waals surface area contributed by atoms with Gasteiger partial charge in [0.1, 0.15) is 17.3 Å². The first-order valence-electron chi connectivity index (χ1n) is 7.84. The van der Waals surface area contributed by atoms with Gasteiger partial charge in [0.15, 0.2) is 0 Å². The van der Waals surface area contributed by atoms with E-state index in [0.717, 1.165) is 6.08 Å². The number of halogens is 1. The van der Waals surface area contributed by atoms with E-state index >= 15 is 0 Å². The van der Waals surface area contributed by atoms with Crippen molar-refractivity contribution in [1.29, 1.82) is 0 Å². The monoisotopic (exact) mass is 345 g/mol. The van der Waals surface area contributed by atoms with Gasteiger partial charge < -0.3 is 10.6 Å². The molecule has 2 N–H and O–H groups in total. The van der Waals surface area contributed by atoms with Crippen LogP contribution in [-0.2, 0) is 4.79 Å². The van der Waals surface area contributed by atoms with Crippen LogP contribution in [0.5, 0.6) is 0 Å². The summed E-state index contributed by atoms with van der Waals surface area (Å²) in [5.74, 6) is -0.894. The molecule has 0 saturated carbocycles. The van der Waals surface area contributed by atoms with Gasteiger partial charge in [-0.1, -0.05) is 32.6 Å². The molecule has 8 heteroatoms. The number of amides is 2. The van der Waals surface area contributed by atoms with E-state index in [1.165, 1.54) is 10.7 Å². The second kappa shape index (κ2) is 8.18. The van der Waals surface area contributed by atoms with E-state index in [4.69, 9.17) is 0 Å². The summed E-state index contributed by atoms with van der Waals surface area (Å²) in [5, 5.41) is 9.29. The second-order valence-corrected chi connectivity index (χ2v) is 5.56. The van der Waals surface area contributed by atoms with Crippen LogP contribution in [0.15, 0.2) is 36.9 Å². The van der Waals surface area contributed by atoms with Crippen LogP contribution in [0.4, 0.5) is 4.39 Å². The summed E-state index contributed by atoms with van der Waals surface area (Å²) >= 11 is 0. The van der Waals surface area contributed by atoms with Gasteiger partial charge in [-0.05, 0) is 18.2 Å². The fraction of sp³-hybridized carbons (Fsp3) is 0.294. The minimum absolute atomic E-state index is 0.0537. The molecule has 2 rings (SSSR count). The largest absolute Gasteiger partial charge is 0.351 e.